The summed E-state index contributed by atoms with van der Waals surface area (Å²) in [5, 5.41) is 3.43. The molecule has 0 radical (unpaired) electrons. The zero-order valence-electron chi connectivity index (χ0n) is 11.7. The first-order chi connectivity index (χ1) is 8.09. The molecule has 1 aliphatic rings. The van der Waals surface area contributed by atoms with Gasteiger partial charge in [0.1, 0.15) is 0 Å². The van der Waals surface area contributed by atoms with Crippen LogP contribution < -0.4 is 5.32 Å². The minimum absolute atomic E-state index is 0.359. The first-order valence-corrected chi connectivity index (χ1v) is 7.08. The van der Waals surface area contributed by atoms with Gasteiger partial charge in [0.25, 0.3) is 0 Å². The summed E-state index contributed by atoms with van der Waals surface area (Å²) < 4.78 is 0. The van der Waals surface area contributed by atoms with Gasteiger partial charge in [-0.2, -0.15) is 0 Å². The number of hydrogen-bond acceptors (Lipinski definition) is 2. The van der Waals surface area contributed by atoms with Crippen molar-refractivity contribution in [1.29, 1.82) is 0 Å². The Labute approximate surface area is 106 Å². The molecule has 1 unspecified atom stereocenters. The lowest BCUT2D eigenvalue weighted by Gasteiger charge is -2.20. The van der Waals surface area contributed by atoms with Crippen LogP contribution in [0.5, 0.6) is 0 Å². The summed E-state index contributed by atoms with van der Waals surface area (Å²) in [4.78, 5) is 13.9. The molecule has 1 N–H and O–H groups in total. The van der Waals surface area contributed by atoms with Crippen LogP contribution in [0.3, 0.4) is 0 Å². The van der Waals surface area contributed by atoms with Crippen molar-refractivity contribution in [3.05, 3.63) is 0 Å². The monoisotopic (exact) mass is 240 g/mol. The van der Waals surface area contributed by atoms with Crippen molar-refractivity contribution in [3.63, 3.8) is 0 Å². The quantitative estimate of drug-likeness (QED) is 0.722. The molecule has 0 aromatic carbocycles. The van der Waals surface area contributed by atoms with E-state index in [1.54, 1.807) is 0 Å². The molecule has 0 saturated carbocycles. The van der Waals surface area contributed by atoms with Crippen LogP contribution in [0.15, 0.2) is 0 Å². The molecule has 3 nitrogen and oxygen atoms in total. The van der Waals surface area contributed by atoms with Gasteiger partial charge in [-0.3, -0.25) is 4.79 Å². The molecule has 0 aromatic rings. The minimum Gasteiger partial charge on any atom is -0.343 e. The number of amides is 1. The summed E-state index contributed by atoms with van der Waals surface area (Å²) in [5.41, 5.74) is 0. The second kappa shape index (κ2) is 7.70. The second-order valence-corrected chi connectivity index (χ2v) is 5.76. The third-order valence-corrected chi connectivity index (χ3v) is 3.43. The van der Waals surface area contributed by atoms with Crippen molar-refractivity contribution in [2.24, 2.45) is 11.8 Å². The molecule has 3 heteroatoms. The van der Waals surface area contributed by atoms with Gasteiger partial charge >= 0.3 is 0 Å². The maximum atomic E-state index is 11.8. The van der Waals surface area contributed by atoms with Gasteiger partial charge in [0.15, 0.2) is 0 Å². The first kappa shape index (κ1) is 14.5. The number of rotatable bonds is 6. The Balaban J connectivity index is 2.14. The standard InChI is InChI=1S/C14H28N2O/c1-12(2)11-15-8-4-9-16-10-7-13(3)5-6-14(16)17/h12-13,15H,4-11H2,1-3H3. The number of nitrogens with zero attached hydrogens (tertiary/aromatic N) is 1. The van der Waals surface area contributed by atoms with Gasteiger partial charge in [-0.15, -0.1) is 0 Å². The van der Waals surface area contributed by atoms with Crippen molar-refractivity contribution >= 4 is 5.91 Å². The maximum Gasteiger partial charge on any atom is 0.222 e. The molecule has 1 atom stereocenters. The zero-order valence-corrected chi connectivity index (χ0v) is 11.7. The van der Waals surface area contributed by atoms with E-state index >= 15 is 0 Å². The average Bonchev–Trinajstić information content (AvgIpc) is 2.43. The number of likely N-dealkylation sites (tertiary alicyclic amines) is 1. The smallest absolute Gasteiger partial charge is 0.222 e. The van der Waals surface area contributed by atoms with Crippen molar-refractivity contribution in [2.45, 2.75) is 46.5 Å². The molecule has 1 rings (SSSR count). The molecule has 1 amide bonds. The Morgan fingerprint density at radius 3 is 2.88 bits per heavy atom. The molecule has 1 aliphatic heterocycles. The van der Waals surface area contributed by atoms with E-state index in [1.165, 1.54) is 6.42 Å². The van der Waals surface area contributed by atoms with Crippen LogP contribution in [-0.4, -0.2) is 37.0 Å². The van der Waals surface area contributed by atoms with Crippen molar-refractivity contribution in [2.75, 3.05) is 26.2 Å². The first-order valence-electron chi connectivity index (χ1n) is 7.08. The van der Waals surface area contributed by atoms with Crippen molar-refractivity contribution in [1.82, 2.24) is 10.2 Å². The molecule has 0 bridgehead atoms. The number of carbonyl (C=O) groups is 1. The fraction of sp³-hybridized carbons (Fsp3) is 0.929. The lowest BCUT2D eigenvalue weighted by atomic mass is 10.0. The van der Waals surface area contributed by atoms with E-state index in [-0.39, 0.29) is 0 Å². The Bertz CT molecular complexity index is 228. The maximum absolute atomic E-state index is 11.8. The largest absolute Gasteiger partial charge is 0.343 e. The third-order valence-electron chi connectivity index (χ3n) is 3.43. The Morgan fingerprint density at radius 2 is 2.18 bits per heavy atom. The van der Waals surface area contributed by atoms with E-state index in [2.05, 4.69) is 31.0 Å². The summed E-state index contributed by atoms with van der Waals surface area (Å²) in [7, 11) is 0. The predicted octanol–water partition coefficient (Wildman–Crippen LogP) is 2.27. The van der Waals surface area contributed by atoms with Gasteiger partial charge in [0.05, 0.1) is 0 Å². The van der Waals surface area contributed by atoms with Crippen LogP contribution >= 0.6 is 0 Å². The molecule has 1 fully saturated rings. The normalized spacial score (nSPS) is 22.0. The van der Waals surface area contributed by atoms with E-state index in [4.69, 9.17) is 0 Å². The molecule has 0 aliphatic carbocycles. The predicted molar refractivity (Wildman–Crippen MR) is 71.9 cm³/mol. The van der Waals surface area contributed by atoms with Crippen LogP contribution in [0.2, 0.25) is 0 Å². The van der Waals surface area contributed by atoms with E-state index in [0.29, 0.717) is 17.7 Å². The average molecular weight is 240 g/mol. The lowest BCUT2D eigenvalue weighted by molar-refractivity contribution is -0.130. The highest BCUT2D eigenvalue weighted by Crippen LogP contribution is 2.17. The van der Waals surface area contributed by atoms with Crippen molar-refractivity contribution < 1.29 is 4.79 Å². The summed E-state index contributed by atoms with van der Waals surface area (Å²) in [6.45, 7) is 10.7. The Kier molecular flexibility index (Phi) is 6.56. The minimum atomic E-state index is 0.359. The summed E-state index contributed by atoms with van der Waals surface area (Å²) in [6, 6.07) is 0. The fourth-order valence-corrected chi connectivity index (χ4v) is 2.20. The molecular weight excluding hydrogens is 212 g/mol. The molecule has 100 valence electrons. The van der Waals surface area contributed by atoms with Crippen LogP contribution in [0.1, 0.15) is 46.5 Å². The highest BCUT2D eigenvalue weighted by molar-refractivity contribution is 5.76. The summed E-state index contributed by atoms with van der Waals surface area (Å²) in [5.74, 6) is 1.77. The fourth-order valence-electron chi connectivity index (χ4n) is 2.20. The third kappa shape index (κ3) is 6.06. The zero-order chi connectivity index (χ0) is 12.7. The highest BCUT2D eigenvalue weighted by atomic mass is 16.2. The van der Waals surface area contributed by atoms with Crippen LogP contribution in [-0.2, 0) is 4.79 Å². The van der Waals surface area contributed by atoms with Crippen LogP contribution in [0.25, 0.3) is 0 Å². The van der Waals surface area contributed by atoms with Crippen LogP contribution in [0.4, 0.5) is 0 Å². The van der Waals surface area contributed by atoms with Gasteiger partial charge in [0.2, 0.25) is 5.91 Å². The van der Waals surface area contributed by atoms with Gasteiger partial charge in [-0.25, -0.2) is 0 Å². The summed E-state index contributed by atoms with van der Waals surface area (Å²) in [6.07, 6.45) is 4.07. The van der Waals surface area contributed by atoms with Crippen LogP contribution in [0, 0.1) is 11.8 Å². The molecule has 1 heterocycles. The van der Waals surface area contributed by atoms with Gasteiger partial charge in [-0.1, -0.05) is 20.8 Å². The number of nitrogens with one attached hydrogen (secondary N) is 1. The van der Waals surface area contributed by atoms with E-state index < -0.39 is 0 Å². The van der Waals surface area contributed by atoms with Gasteiger partial charge in [-0.05, 0) is 44.2 Å². The topological polar surface area (TPSA) is 32.3 Å². The Hall–Kier alpha value is -0.570. The molecule has 0 spiro atoms. The lowest BCUT2D eigenvalue weighted by Crippen LogP contribution is -2.33. The van der Waals surface area contributed by atoms with Crippen molar-refractivity contribution in [3.8, 4) is 0 Å². The second-order valence-electron chi connectivity index (χ2n) is 5.76. The highest BCUT2D eigenvalue weighted by Gasteiger charge is 2.19. The Morgan fingerprint density at radius 1 is 1.41 bits per heavy atom. The molecule has 1 saturated heterocycles. The molecule has 17 heavy (non-hydrogen) atoms. The SMILES string of the molecule is CC(C)CNCCCN1CCC(C)CCC1=O. The number of hydrogen-bond donors (Lipinski definition) is 1. The van der Waals surface area contributed by atoms with E-state index in [0.717, 1.165) is 45.4 Å². The van der Waals surface area contributed by atoms with Gasteiger partial charge < -0.3 is 10.2 Å². The number of carbonyl (C=O) groups excluding carboxylic acids is 1. The summed E-state index contributed by atoms with van der Waals surface area (Å²) >= 11 is 0. The van der Waals surface area contributed by atoms with E-state index in [1.807, 2.05) is 0 Å². The van der Waals surface area contributed by atoms with Gasteiger partial charge in [0, 0.05) is 19.5 Å². The molecule has 0 aromatic heterocycles. The molecular formula is C14H28N2O. The van der Waals surface area contributed by atoms with E-state index in [9.17, 15) is 4.79 Å².